The number of hydrogen-bond donors (Lipinski definition) is 1. The fraction of sp³-hybridized carbons (Fsp3) is 0.353. The molecule has 0 aliphatic rings. The van der Waals surface area contributed by atoms with Crippen molar-refractivity contribution in [2.45, 2.75) is 13.3 Å². The third kappa shape index (κ3) is 3.56. The fourth-order valence-corrected chi connectivity index (χ4v) is 2.26. The highest BCUT2D eigenvalue weighted by Gasteiger charge is 2.19. The van der Waals surface area contributed by atoms with Gasteiger partial charge in [0.05, 0.1) is 26.7 Å². The monoisotopic (exact) mass is 331 g/mol. The van der Waals surface area contributed by atoms with Gasteiger partial charge in [0.2, 0.25) is 5.75 Å². The number of benzene rings is 1. The highest BCUT2D eigenvalue weighted by atomic mass is 16.5. The van der Waals surface area contributed by atoms with E-state index in [2.05, 4.69) is 15.5 Å². The highest BCUT2D eigenvalue weighted by Crippen LogP contribution is 2.42. The molecule has 0 spiro atoms. The van der Waals surface area contributed by atoms with E-state index in [9.17, 15) is 4.79 Å². The third-order valence-electron chi connectivity index (χ3n) is 3.41. The van der Waals surface area contributed by atoms with Gasteiger partial charge in [-0.1, -0.05) is 19.1 Å². The quantitative estimate of drug-likeness (QED) is 0.784. The minimum Gasteiger partial charge on any atom is -0.493 e. The summed E-state index contributed by atoms with van der Waals surface area (Å²) in [6.45, 7) is 2.47. The van der Waals surface area contributed by atoms with Crippen molar-refractivity contribution in [3.63, 3.8) is 0 Å². The number of allylic oxidation sites excluding steroid dienone is 1. The number of fused-ring (bicyclic) bond motifs is 1. The van der Waals surface area contributed by atoms with Crippen LogP contribution in [0.2, 0.25) is 0 Å². The lowest BCUT2D eigenvalue weighted by atomic mass is 10.1. The normalized spacial score (nSPS) is 10.8. The van der Waals surface area contributed by atoms with Crippen LogP contribution in [0.15, 0.2) is 24.3 Å². The molecule has 0 bridgehead atoms. The van der Waals surface area contributed by atoms with Gasteiger partial charge in [0.15, 0.2) is 17.2 Å². The van der Waals surface area contributed by atoms with Gasteiger partial charge in [-0.25, -0.2) is 0 Å². The molecule has 1 N–H and O–H groups in total. The lowest BCUT2D eigenvalue weighted by molar-refractivity contribution is 0.0952. The third-order valence-corrected chi connectivity index (χ3v) is 3.41. The fourth-order valence-electron chi connectivity index (χ4n) is 2.26. The number of nitrogens with zero attached hydrogens (tertiary/aromatic N) is 2. The van der Waals surface area contributed by atoms with E-state index in [1.54, 1.807) is 12.1 Å². The van der Waals surface area contributed by atoms with E-state index in [4.69, 9.17) is 14.2 Å². The average molecular weight is 331 g/mol. The second-order valence-electron chi connectivity index (χ2n) is 4.90. The summed E-state index contributed by atoms with van der Waals surface area (Å²) in [7, 11) is 4.57. The standard InChI is InChI=1S/C17H21N3O4/c1-5-6-7-8-18-17(21)13-9-11-12(19-20-13)10-14(22-2)16(24-4)15(11)23-3/h6-7,9-10H,5,8H2,1-4H3,(H,18,21)/b7-6+. The van der Waals surface area contributed by atoms with Gasteiger partial charge >= 0.3 is 0 Å². The van der Waals surface area contributed by atoms with Crippen molar-refractivity contribution in [1.82, 2.24) is 15.5 Å². The molecule has 128 valence electrons. The molecule has 0 aliphatic heterocycles. The number of methoxy groups -OCH3 is 3. The van der Waals surface area contributed by atoms with Crippen LogP contribution in [-0.2, 0) is 0 Å². The number of amides is 1. The van der Waals surface area contributed by atoms with Gasteiger partial charge in [0.1, 0.15) is 5.52 Å². The first-order valence-electron chi connectivity index (χ1n) is 7.55. The van der Waals surface area contributed by atoms with Crippen LogP contribution in [0.1, 0.15) is 23.8 Å². The minimum atomic E-state index is -0.304. The molecule has 24 heavy (non-hydrogen) atoms. The Morgan fingerprint density at radius 3 is 2.46 bits per heavy atom. The summed E-state index contributed by atoms with van der Waals surface area (Å²) in [4.78, 5) is 12.2. The molecule has 1 heterocycles. The molecule has 0 saturated carbocycles. The van der Waals surface area contributed by atoms with Gasteiger partial charge < -0.3 is 19.5 Å². The summed E-state index contributed by atoms with van der Waals surface area (Å²) >= 11 is 0. The Balaban J connectivity index is 2.42. The molecule has 1 aromatic heterocycles. The SMILES string of the molecule is CC/C=C/CNC(=O)c1cc2c(OC)c(OC)c(OC)cc2nn1. The Labute approximate surface area is 140 Å². The van der Waals surface area contributed by atoms with Gasteiger partial charge in [-0.15, -0.1) is 10.2 Å². The maximum Gasteiger partial charge on any atom is 0.272 e. The van der Waals surface area contributed by atoms with Gasteiger partial charge in [-0.2, -0.15) is 0 Å². The summed E-state index contributed by atoms with van der Waals surface area (Å²) in [6, 6.07) is 3.32. The Morgan fingerprint density at radius 1 is 1.08 bits per heavy atom. The van der Waals surface area contributed by atoms with E-state index >= 15 is 0 Å². The van der Waals surface area contributed by atoms with Crippen LogP contribution in [0, 0.1) is 0 Å². The van der Waals surface area contributed by atoms with Crippen LogP contribution in [0.5, 0.6) is 17.2 Å². The van der Waals surface area contributed by atoms with E-state index in [-0.39, 0.29) is 11.6 Å². The summed E-state index contributed by atoms with van der Waals surface area (Å²) in [6.07, 6.45) is 4.79. The molecule has 0 atom stereocenters. The number of carbonyl (C=O) groups is 1. The summed E-state index contributed by atoms with van der Waals surface area (Å²) in [5.74, 6) is 1.07. The maximum atomic E-state index is 12.2. The van der Waals surface area contributed by atoms with E-state index in [1.807, 2.05) is 19.1 Å². The van der Waals surface area contributed by atoms with Gasteiger partial charge in [-0.05, 0) is 12.5 Å². The van der Waals surface area contributed by atoms with E-state index in [0.717, 1.165) is 6.42 Å². The number of aromatic nitrogens is 2. The van der Waals surface area contributed by atoms with E-state index in [1.165, 1.54) is 21.3 Å². The molecular formula is C17H21N3O4. The van der Waals surface area contributed by atoms with Crippen molar-refractivity contribution in [2.75, 3.05) is 27.9 Å². The Kier molecular flexibility index (Phi) is 5.95. The Hall–Kier alpha value is -2.83. The van der Waals surface area contributed by atoms with Crippen molar-refractivity contribution in [1.29, 1.82) is 0 Å². The lowest BCUT2D eigenvalue weighted by Crippen LogP contribution is -2.24. The van der Waals surface area contributed by atoms with Gasteiger partial charge in [0, 0.05) is 12.6 Å². The zero-order valence-corrected chi connectivity index (χ0v) is 14.3. The largest absolute Gasteiger partial charge is 0.493 e. The van der Waals surface area contributed by atoms with Gasteiger partial charge in [-0.3, -0.25) is 4.79 Å². The molecule has 0 unspecified atom stereocenters. The van der Waals surface area contributed by atoms with Crippen LogP contribution in [0.4, 0.5) is 0 Å². The van der Waals surface area contributed by atoms with Crippen LogP contribution in [0.25, 0.3) is 10.9 Å². The first-order valence-corrected chi connectivity index (χ1v) is 7.55. The topological polar surface area (TPSA) is 82.6 Å². The van der Waals surface area contributed by atoms with Crippen LogP contribution >= 0.6 is 0 Å². The number of carbonyl (C=O) groups excluding carboxylic acids is 1. The van der Waals surface area contributed by atoms with Crippen LogP contribution in [0.3, 0.4) is 0 Å². The van der Waals surface area contributed by atoms with Crippen molar-refractivity contribution >= 4 is 16.8 Å². The Morgan fingerprint density at radius 2 is 1.83 bits per heavy atom. The second kappa shape index (κ2) is 8.14. The summed E-state index contributed by atoms with van der Waals surface area (Å²) < 4.78 is 16.1. The van der Waals surface area contributed by atoms with Gasteiger partial charge in [0.25, 0.3) is 5.91 Å². The predicted octanol–water partition coefficient (Wildman–Crippen LogP) is 2.35. The average Bonchev–Trinajstić information content (AvgIpc) is 2.62. The van der Waals surface area contributed by atoms with Crippen molar-refractivity contribution in [3.8, 4) is 17.2 Å². The number of ether oxygens (including phenoxy) is 3. The smallest absolute Gasteiger partial charge is 0.272 e. The molecule has 0 aliphatic carbocycles. The first-order chi connectivity index (χ1) is 11.7. The lowest BCUT2D eigenvalue weighted by Gasteiger charge is -2.14. The van der Waals surface area contributed by atoms with Crippen LogP contribution < -0.4 is 19.5 Å². The molecule has 7 nitrogen and oxygen atoms in total. The molecule has 0 fully saturated rings. The second-order valence-corrected chi connectivity index (χ2v) is 4.90. The summed E-state index contributed by atoms with van der Waals surface area (Å²) in [5, 5.41) is 11.5. The maximum absolute atomic E-state index is 12.2. The molecule has 0 saturated heterocycles. The van der Waals surface area contributed by atoms with Crippen molar-refractivity contribution in [3.05, 3.63) is 30.0 Å². The van der Waals surface area contributed by atoms with Crippen molar-refractivity contribution in [2.24, 2.45) is 0 Å². The predicted molar refractivity (Wildman–Crippen MR) is 91.0 cm³/mol. The summed E-state index contributed by atoms with van der Waals surface area (Å²) in [5.41, 5.74) is 0.754. The zero-order chi connectivity index (χ0) is 17.5. The molecule has 1 amide bonds. The van der Waals surface area contributed by atoms with Crippen LogP contribution in [-0.4, -0.2) is 44.0 Å². The Bertz CT molecular complexity index is 759. The van der Waals surface area contributed by atoms with Crippen molar-refractivity contribution < 1.29 is 19.0 Å². The molecule has 0 radical (unpaired) electrons. The molecule has 7 heteroatoms. The minimum absolute atomic E-state index is 0.206. The number of rotatable bonds is 7. The van der Waals surface area contributed by atoms with E-state index < -0.39 is 0 Å². The first kappa shape index (κ1) is 17.5. The number of hydrogen-bond acceptors (Lipinski definition) is 6. The molecule has 2 rings (SSSR count). The number of nitrogens with one attached hydrogen (secondary N) is 1. The van der Waals surface area contributed by atoms with E-state index in [0.29, 0.717) is 34.7 Å². The molecule has 2 aromatic rings. The highest BCUT2D eigenvalue weighted by molar-refractivity contribution is 5.98. The molecule has 1 aromatic carbocycles. The zero-order valence-electron chi connectivity index (χ0n) is 14.3. The molecular weight excluding hydrogens is 310 g/mol.